The van der Waals surface area contributed by atoms with Gasteiger partial charge < -0.3 is 9.55 Å². The lowest BCUT2D eigenvalue weighted by molar-refractivity contribution is 0.0988. The fourth-order valence-electron chi connectivity index (χ4n) is 4.46. The summed E-state index contributed by atoms with van der Waals surface area (Å²) in [5, 5.41) is 4.77. The number of nitrogens with zero attached hydrogens (tertiary/aromatic N) is 5. The van der Waals surface area contributed by atoms with Crippen LogP contribution in [0.4, 0.5) is 4.39 Å². The lowest BCUT2D eigenvalue weighted by atomic mass is 10.1. The number of H-pyrrole nitrogens is 1. The Morgan fingerprint density at radius 2 is 1.70 bits per heavy atom. The van der Waals surface area contributed by atoms with Crippen LogP contribution in [0.3, 0.4) is 0 Å². The maximum Gasteiger partial charge on any atom is 0.185 e. The summed E-state index contributed by atoms with van der Waals surface area (Å²) in [6, 6.07) is 23.6. The molecule has 0 saturated carbocycles. The molecule has 7 nitrogen and oxygen atoms in total. The van der Waals surface area contributed by atoms with Crippen LogP contribution in [0.15, 0.2) is 85.1 Å². The highest BCUT2D eigenvalue weighted by Crippen LogP contribution is 2.31. The Kier molecular flexibility index (Phi) is 5.49. The first-order chi connectivity index (χ1) is 18.0. The number of hydrogen-bond acceptors (Lipinski definition) is 4. The quantitative estimate of drug-likeness (QED) is 0.305. The zero-order chi connectivity index (χ0) is 25.5. The Labute approximate surface area is 212 Å². The van der Waals surface area contributed by atoms with E-state index in [9.17, 15) is 9.18 Å². The van der Waals surface area contributed by atoms with E-state index in [1.54, 1.807) is 28.9 Å². The third-order valence-corrected chi connectivity index (χ3v) is 6.46. The molecule has 182 valence electrons. The fourth-order valence-corrected chi connectivity index (χ4v) is 4.46. The molecule has 0 radical (unpaired) electrons. The van der Waals surface area contributed by atoms with Crippen molar-refractivity contribution in [3.8, 4) is 33.9 Å². The minimum absolute atomic E-state index is 0.0494. The van der Waals surface area contributed by atoms with Crippen molar-refractivity contribution >= 4 is 11.4 Å². The molecule has 8 heteroatoms. The molecule has 4 heterocycles. The molecular weight excluding hydrogens is 467 g/mol. The highest BCUT2D eigenvalue weighted by atomic mass is 19.1. The minimum Gasteiger partial charge on any atom is -0.352 e. The summed E-state index contributed by atoms with van der Waals surface area (Å²) in [5.41, 5.74) is 6.78. The number of hydrogen-bond donors (Lipinski definition) is 1. The lowest BCUT2D eigenvalue weighted by Gasteiger charge is -2.07. The van der Waals surface area contributed by atoms with Crippen molar-refractivity contribution in [2.24, 2.45) is 7.05 Å². The van der Waals surface area contributed by atoms with Crippen LogP contribution in [-0.4, -0.2) is 34.9 Å². The van der Waals surface area contributed by atoms with E-state index in [0.717, 1.165) is 34.0 Å². The summed E-state index contributed by atoms with van der Waals surface area (Å²) >= 11 is 0. The van der Waals surface area contributed by atoms with Gasteiger partial charge in [-0.25, -0.2) is 18.9 Å². The van der Waals surface area contributed by atoms with E-state index in [0.29, 0.717) is 22.7 Å². The summed E-state index contributed by atoms with van der Waals surface area (Å²) in [6.07, 6.45) is 1.93. The summed E-state index contributed by atoms with van der Waals surface area (Å²) in [5.74, 6) is 0.467. The van der Waals surface area contributed by atoms with E-state index in [-0.39, 0.29) is 18.0 Å². The number of Topliss-reactive ketones (excluding diaryl/α,β-unsaturated/α-hetero) is 1. The number of nitrogens with one attached hydrogen (secondary N) is 1. The first-order valence-electron chi connectivity index (χ1n) is 11.9. The monoisotopic (exact) mass is 490 g/mol. The molecule has 2 aromatic carbocycles. The minimum atomic E-state index is -0.298. The fraction of sp³-hybridized carbons (Fsp3) is 0.103. The zero-order valence-corrected chi connectivity index (χ0v) is 20.3. The molecule has 4 aromatic heterocycles. The molecule has 0 saturated heterocycles. The summed E-state index contributed by atoms with van der Waals surface area (Å²) in [6.45, 7) is 1.92. The molecule has 0 aliphatic heterocycles. The smallest absolute Gasteiger partial charge is 0.185 e. The third-order valence-electron chi connectivity index (χ3n) is 6.46. The van der Waals surface area contributed by atoms with Gasteiger partial charge in [-0.1, -0.05) is 30.3 Å². The van der Waals surface area contributed by atoms with E-state index in [2.05, 4.69) is 9.97 Å². The van der Waals surface area contributed by atoms with Gasteiger partial charge in [0, 0.05) is 18.3 Å². The Morgan fingerprint density at radius 3 is 2.49 bits per heavy atom. The van der Waals surface area contributed by atoms with E-state index in [1.807, 2.05) is 67.1 Å². The summed E-state index contributed by atoms with van der Waals surface area (Å²) in [7, 11) is 1.93. The predicted molar refractivity (Wildman–Crippen MR) is 140 cm³/mol. The van der Waals surface area contributed by atoms with Gasteiger partial charge in [-0.05, 0) is 61.0 Å². The number of rotatable bonds is 6. The van der Waals surface area contributed by atoms with Crippen LogP contribution in [0.25, 0.3) is 39.5 Å². The molecular formula is C29H23FN6O. The van der Waals surface area contributed by atoms with Gasteiger partial charge in [-0.3, -0.25) is 4.79 Å². The number of aryl methyl sites for hydroxylation is 1. The van der Waals surface area contributed by atoms with Crippen molar-refractivity contribution in [2.45, 2.75) is 13.3 Å². The van der Waals surface area contributed by atoms with Gasteiger partial charge in [0.1, 0.15) is 17.3 Å². The van der Waals surface area contributed by atoms with Gasteiger partial charge in [0.2, 0.25) is 0 Å². The van der Waals surface area contributed by atoms with Gasteiger partial charge in [-0.2, -0.15) is 5.10 Å². The van der Waals surface area contributed by atoms with Crippen LogP contribution < -0.4 is 0 Å². The van der Waals surface area contributed by atoms with E-state index < -0.39 is 0 Å². The Morgan fingerprint density at radius 1 is 0.919 bits per heavy atom. The van der Waals surface area contributed by atoms with Gasteiger partial charge in [0.05, 0.1) is 35.4 Å². The number of halogens is 1. The standard InChI is InChI=1S/C29H23FN6O/c1-18-31-28(20-8-10-21(30)11-9-20)29(35(18)2)25-14-15-27-32-22(17-36(27)34-25)16-26(37)24-13-12-23(33-24)19-6-4-3-5-7-19/h3-15,17,33H,16H2,1-2H3. The van der Waals surface area contributed by atoms with Gasteiger partial charge in [0.25, 0.3) is 0 Å². The second kappa shape index (κ2) is 8.98. The van der Waals surface area contributed by atoms with Crippen LogP contribution in [0.2, 0.25) is 0 Å². The van der Waals surface area contributed by atoms with E-state index in [1.165, 1.54) is 12.1 Å². The Balaban J connectivity index is 1.29. The number of benzene rings is 2. The molecule has 0 amide bonds. The van der Waals surface area contributed by atoms with Gasteiger partial charge in [-0.15, -0.1) is 0 Å². The first kappa shape index (κ1) is 22.6. The Hall–Kier alpha value is -4.85. The van der Waals surface area contributed by atoms with Crippen LogP contribution in [0.1, 0.15) is 22.0 Å². The number of aromatic nitrogens is 6. The molecule has 0 aliphatic rings. The van der Waals surface area contributed by atoms with Crippen LogP contribution in [0, 0.1) is 12.7 Å². The van der Waals surface area contributed by atoms with Gasteiger partial charge >= 0.3 is 0 Å². The number of aromatic amines is 1. The molecule has 6 aromatic rings. The number of imidazole rings is 2. The van der Waals surface area contributed by atoms with E-state index >= 15 is 0 Å². The number of ketones is 1. The van der Waals surface area contributed by atoms with Gasteiger partial charge in [0.15, 0.2) is 11.4 Å². The number of fused-ring (bicyclic) bond motifs is 1. The third kappa shape index (κ3) is 4.23. The molecule has 0 unspecified atom stereocenters. The van der Waals surface area contributed by atoms with Crippen LogP contribution in [0.5, 0.6) is 0 Å². The molecule has 0 atom stereocenters. The maximum absolute atomic E-state index is 13.5. The second-order valence-electron chi connectivity index (χ2n) is 8.93. The van der Waals surface area contributed by atoms with Crippen molar-refractivity contribution in [1.29, 1.82) is 0 Å². The largest absolute Gasteiger partial charge is 0.352 e. The molecule has 6 rings (SSSR count). The van der Waals surface area contributed by atoms with Crippen LogP contribution in [-0.2, 0) is 13.5 Å². The predicted octanol–water partition coefficient (Wildman–Crippen LogP) is 5.66. The normalized spacial score (nSPS) is 11.3. The molecule has 37 heavy (non-hydrogen) atoms. The summed E-state index contributed by atoms with van der Waals surface area (Å²) < 4.78 is 17.1. The molecule has 0 spiro atoms. The van der Waals surface area contributed by atoms with Crippen LogP contribution >= 0.6 is 0 Å². The topological polar surface area (TPSA) is 80.9 Å². The zero-order valence-electron chi connectivity index (χ0n) is 20.3. The number of carbonyl (C=O) groups is 1. The summed E-state index contributed by atoms with van der Waals surface area (Å²) in [4.78, 5) is 25.5. The molecule has 0 fully saturated rings. The Bertz CT molecular complexity index is 1740. The lowest BCUT2D eigenvalue weighted by Crippen LogP contribution is -2.04. The molecule has 1 N–H and O–H groups in total. The average molecular weight is 491 g/mol. The molecule has 0 aliphatic carbocycles. The first-order valence-corrected chi connectivity index (χ1v) is 11.9. The van der Waals surface area contributed by atoms with E-state index in [4.69, 9.17) is 10.1 Å². The van der Waals surface area contributed by atoms with Crippen molar-refractivity contribution < 1.29 is 9.18 Å². The number of carbonyl (C=O) groups excluding carboxylic acids is 1. The van der Waals surface area contributed by atoms with Crippen molar-refractivity contribution in [1.82, 2.24) is 29.1 Å². The van der Waals surface area contributed by atoms with Crippen molar-refractivity contribution in [2.75, 3.05) is 0 Å². The van der Waals surface area contributed by atoms with Crippen molar-refractivity contribution in [3.05, 3.63) is 108 Å². The highest BCUT2D eigenvalue weighted by molar-refractivity contribution is 5.96. The van der Waals surface area contributed by atoms with Crippen molar-refractivity contribution in [3.63, 3.8) is 0 Å². The SMILES string of the molecule is Cc1nc(-c2ccc(F)cc2)c(-c2ccc3nc(CC(=O)c4ccc(-c5ccccc5)[nH]4)cn3n2)n1C. The second-order valence-corrected chi connectivity index (χ2v) is 8.93. The maximum atomic E-state index is 13.5. The average Bonchev–Trinajstić information content (AvgIpc) is 3.62. The molecule has 0 bridgehead atoms. The highest BCUT2D eigenvalue weighted by Gasteiger charge is 2.19.